The number of aryl methyl sites for hydroxylation is 1. The van der Waals surface area contributed by atoms with E-state index in [1.165, 1.54) is 19.3 Å². The molecule has 1 N–H and O–H groups in total. The van der Waals surface area contributed by atoms with Crippen LogP contribution >= 0.6 is 0 Å². The molecule has 1 aliphatic heterocycles. The van der Waals surface area contributed by atoms with Gasteiger partial charge < -0.3 is 10.1 Å². The smallest absolute Gasteiger partial charge is 0.243 e. The van der Waals surface area contributed by atoms with Gasteiger partial charge in [-0.05, 0) is 44.7 Å². The molecule has 3 heterocycles. The number of fused-ring (bicyclic) bond motifs is 1. The highest BCUT2D eigenvalue weighted by molar-refractivity contribution is 5.44. The second kappa shape index (κ2) is 5.57. The second-order valence-electron chi connectivity index (χ2n) is 5.08. The number of nitrogens with zero attached hydrogens (tertiary/aromatic N) is 3. The lowest BCUT2D eigenvalue weighted by molar-refractivity contribution is 0.0134. The first-order valence-electron chi connectivity index (χ1n) is 7.01. The minimum atomic E-state index is 0.403. The van der Waals surface area contributed by atoms with Crippen LogP contribution in [-0.4, -0.2) is 33.9 Å². The summed E-state index contributed by atoms with van der Waals surface area (Å²) in [6.07, 6.45) is 5.10. The Morgan fingerprint density at radius 2 is 2.37 bits per heavy atom. The number of rotatable bonds is 4. The molecule has 0 bridgehead atoms. The zero-order valence-corrected chi connectivity index (χ0v) is 11.3. The summed E-state index contributed by atoms with van der Waals surface area (Å²) in [6, 6.07) is 6.00. The molecule has 0 amide bonds. The lowest BCUT2D eigenvalue weighted by atomic mass is 10.1. The van der Waals surface area contributed by atoms with E-state index < -0.39 is 0 Å². The first kappa shape index (κ1) is 12.4. The molecule has 5 nitrogen and oxygen atoms in total. The quantitative estimate of drug-likeness (QED) is 0.917. The van der Waals surface area contributed by atoms with E-state index in [9.17, 15) is 0 Å². The fourth-order valence-corrected chi connectivity index (χ4v) is 2.49. The SMILES string of the molecule is Cc1cccc2nc(NCCC3CCCCO3)nn12. The fourth-order valence-electron chi connectivity index (χ4n) is 2.49. The van der Waals surface area contributed by atoms with Gasteiger partial charge in [0.25, 0.3) is 0 Å². The van der Waals surface area contributed by atoms with Crippen LogP contribution in [0.2, 0.25) is 0 Å². The van der Waals surface area contributed by atoms with Crippen LogP contribution in [0.4, 0.5) is 5.95 Å². The summed E-state index contributed by atoms with van der Waals surface area (Å²) >= 11 is 0. The minimum Gasteiger partial charge on any atom is -0.378 e. The Kier molecular flexibility index (Phi) is 3.64. The molecular formula is C14H20N4O. The van der Waals surface area contributed by atoms with Crippen LogP contribution in [0.15, 0.2) is 18.2 Å². The van der Waals surface area contributed by atoms with Crippen molar-refractivity contribution in [2.45, 2.75) is 38.7 Å². The molecule has 1 atom stereocenters. The molecule has 1 aliphatic rings. The predicted octanol–water partition coefficient (Wildman–Crippen LogP) is 2.41. The molecule has 1 unspecified atom stereocenters. The van der Waals surface area contributed by atoms with Gasteiger partial charge >= 0.3 is 0 Å². The predicted molar refractivity (Wildman–Crippen MR) is 74.4 cm³/mol. The molecular weight excluding hydrogens is 240 g/mol. The van der Waals surface area contributed by atoms with Gasteiger partial charge in [-0.1, -0.05) is 6.07 Å². The van der Waals surface area contributed by atoms with E-state index in [0.717, 1.165) is 30.9 Å². The Morgan fingerprint density at radius 3 is 3.16 bits per heavy atom. The number of ether oxygens (including phenoxy) is 1. The third-order valence-electron chi connectivity index (χ3n) is 3.57. The van der Waals surface area contributed by atoms with E-state index in [1.54, 1.807) is 0 Å². The van der Waals surface area contributed by atoms with Crippen molar-refractivity contribution in [1.82, 2.24) is 14.6 Å². The van der Waals surface area contributed by atoms with Gasteiger partial charge in [-0.15, -0.1) is 5.10 Å². The molecule has 19 heavy (non-hydrogen) atoms. The van der Waals surface area contributed by atoms with Gasteiger partial charge in [-0.2, -0.15) is 4.98 Å². The van der Waals surface area contributed by atoms with E-state index in [0.29, 0.717) is 12.1 Å². The van der Waals surface area contributed by atoms with Crippen LogP contribution in [0.5, 0.6) is 0 Å². The summed E-state index contributed by atoms with van der Waals surface area (Å²) in [6.45, 7) is 3.80. The van der Waals surface area contributed by atoms with Gasteiger partial charge in [0.1, 0.15) is 0 Å². The Hall–Kier alpha value is -1.62. The summed E-state index contributed by atoms with van der Waals surface area (Å²) < 4.78 is 7.57. The molecule has 0 saturated carbocycles. The van der Waals surface area contributed by atoms with Crippen molar-refractivity contribution in [2.75, 3.05) is 18.5 Å². The normalized spacial score (nSPS) is 19.7. The van der Waals surface area contributed by atoms with Gasteiger partial charge in [0.2, 0.25) is 5.95 Å². The molecule has 0 aromatic carbocycles. The van der Waals surface area contributed by atoms with Crippen molar-refractivity contribution in [2.24, 2.45) is 0 Å². The van der Waals surface area contributed by atoms with Gasteiger partial charge in [-0.25, -0.2) is 4.52 Å². The maximum absolute atomic E-state index is 5.71. The average molecular weight is 260 g/mol. The Labute approximate surface area is 113 Å². The van der Waals surface area contributed by atoms with Crippen LogP contribution in [0, 0.1) is 6.92 Å². The van der Waals surface area contributed by atoms with Crippen LogP contribution in [0.1, 0.15) is 31.4 Å². The lowest BCUT2D eigenvalue weighted by Gasteiger charge is -2.22. The molecule has 102 valence electrons. The summed E-state index contributed by atoms with van der Waals surface area (Å²) in [5.74, 6) is 0.699. The molecule has 1 fully saturated rings. The summed E-state index contributed by atoms with van der Waals surface area (Å²) in [7, 11) is 0. The number of anilines is 1. The van der Waals surface area contributed by atoms with Crippen molar-refractivity contribution in [1.29, 1.82) is 0 Å². The molecule has 0 spiro atoms. The second-order valence-corrected chi connectivity index (χ2v) is 5.08. The third-order valence-corrected chi connectivity index (χ3v) is 3.57. The zero-order valence-electron chi connectivity index (χ0n) is 11.3. The topological polar surface area (TPSA) is 51.5 Å². The van der Waals surface area contributed by atoms with Crippen LogP contribution in [0.25, 0.3) is 5.65 Å². The van der Waals surface area contributed by atoms with Crippen LogP contribution in [-0.2, 0) is 4.74 Å². The Balaban J connectivity index is 1.57. The van der Waals surface area contributed by atoms with E-state index in [-0.39, 0.29) is 0 Å². The summed E-state index contributed by atoms with van der Waals surface area (Å²) in [5.41, 5.74) is 1.98. The van der Waals surface area contributed by atoms with Crippen molar-refractivity contribution in [3.05, 3.63) is 23.9 Å². The lowest BCUT2D eigenvalue weighted by Crippen LogP contribution is -2.22. The molecule has 0 aliphatic carbocycles. The summed E-state index contributed by atoms with van der Waals surface area (Å²) in [5, 5.41) is 7.73. The van der Waals surface area contributed by atoms with Gasteiger partial charge in [0.15, 0.2) is 5.65 Å². The van der Waals surface area contributed by atoms with Gasteiger partial charge in [0.05, 0.1) is 6.10 Å². The first-order valence-corrected chi connectivity index (χ1v) is 7.01. The molecule has 2 aromatic heterocycles. The Morgan fingerprint density at radius 1 is 1.42 bits per heavy atom. The highest BCUT2D eigenvalue weighted by Crippen LogP contribution is 2.15. The molecule has 0 radical (unpaired) electrons. The van der Waals surface area contributed by atoms with E-state index >= 15 is 0 Å². The van der Waals surface area contributed by atoms with E-state index in [1.807, 2.05) is 29.6 Å². The first-order chi connectivity index (χ1) is 9.33. The van der Waals surface area contributed by atoms with Crippen LogP contribution in [0.3, 0.4) is 0 Å². The van der Waals surface area contributed by atoms with Crippen molar-refractivity contribution >= 4 is 11.6 Å². The fraction of sp³-hybridized carbons (Fsp3) is 0.571. The number of nitrogens with one attached hydrogen (secondary N) is 1. The van der Waals surface area contributed by atoms with Crippen molar-refractivity contribution < 1.29 is 4.74 Å². The average Bonchev–Trinajstić information content (AvgIpc) is 2.84. The zero-order chi connectivity index (χ0) is 13.1. The molecule has 3 rings (SSSR count). The van der Waals surface area contributed by atoms with E-state index in [4.69, 9.17) is 4.74 Å². The molecule has 1 saturated heterocycles. The third kappa shape index (κ3) is 2.87. The highest BCUT2D eigenvalue weighted by Gasteiger charge is 2.13. The van der Waals surface area contributed by atoms with Crippen molar-refractivity contribution in [3.8, 4) is 0 Å². The van der Waals surface area contributed by atoms with Crippen molar-refractivity contribution in [3.63, 3.8) is 0 Å². The number of aromatic nitrogens is 3. The largest absolute Gasteiger partial charge is 0.378 e. The van der Waals surface area contributed by atoms with Gasteiger partial charge in [0, 0.05) is 18.8 Å². The Bertz CT molecular complexity index is 545. The number of hydrogen-bond donors (Lipinski definition) is 1. The molecule has 2 aromatic rings. The maximum Gasteiger partial charge on any atom is 0.243 e. The molecule has 5 heteroatoms. The van der Waals surface area contributed by atoms with E-state index in [2.05, 4.69) is 15.4 Å². The van der Waals surface area contributed by atoms with Gasteiger partial charge in [-0.3, -0.25) is 0 Å². The highest BCUT2D eigenvalue weighted by atomic mass is 16.5. The number of pyridine rings is 1. The maximum atomic E-state index is 5.71. The summed E-state index contributed by atoms with van der Waals surface area (Å²) in [4.78, 5) is 4.46. The minimum absolute atomic E-state index is 0.403. The monoisotopic (exact) mass is 260 g/mol. The van der Waals surface area contributed by atoms with Crippen LogP contribution < -0.4 is 5.32 Å². The standard InChI is InChI=1S/C14H20N4O/c1-11-5-4-7-13-16-14(17-18(11)13)15-9-8-12-6-2-3-10-19-12/h4-5,7,12H,2-3,6,8-10H2,1H3,(H,15,17). The number of hydrogen-bond acceptors (Lipinski definition) is 4.